The van der Waals surface area contributed by atoms with Crippen molar-refractivity contribution in [3.8, 4) is 0 Å². The molecule has 1 fully saturated rings. The zero-order chi connectivity index (χ0) is 14.8. The number of hydrogen-bond donors (Lipinski definition) is 1. The van der Waals surface area contributed by atoms with E-state index in [0.29, 0.717) is 6.07 Å². The zero-order valence-corrected chi connectivity index (χ0v) is 13.3. The molecule has 1 aromatic heterocycles. The lowest BCUT2D eigenvalue weighted by Gasteiger charge is -2.35. The topological polar surface area (TPSA) is 15.3 Å². The number of hydrogen-bond acceptors (Lipinski definition) is 3. The lowest BCUT2D eigenvalue weighted by molar-refractivity contribution is 0.195. The molecule has 0 unspecified atom stereocenters. The van der Waals surface area contributed by atoms with E-state index in [-0.39, 0.29) is 24.0 Å². The van der Waals surface area contributed by atoms with Crippen molar-refractivity contribution in [2.45, 2.75) is 6.04 Å². The van der Waals surface area contributed by atoms with E-state index >= 15 is 0 Å². The van der Waals surface area contributed by atoms with Gasteiger partial charge in [-0.1, -0.05) is 0 Å². The number of nitrogens with zero attached hydrogens (tertiary/aromatic N) is 1. The molecule has 1 aliphatic heterocycles. The maximum atomic E-state index is 14.2. The molecule has 0 amide bonds. The minimum atomic E-state index is -1.15. The summed E-state index contributed by atoms with van der Waals surface area (Å²) in [5.41, 5.74) is 1.10. The van der Waals surface area contributed by atoms with Crippen LogP contribution >= 0.6 is 23.7 Å². The Morgan fingerprint density at radius 3 is 2.36 bits per heavy atom. The summed E-state index contributed by atoms with van der Waals surface area (Å²) in [6, 6.07) is 3.13. The van der Waals surface area contributed by atoms with Crippen molar-refractivity contribution in [3.05, 3.63) is 57.5 Å². The van der Waals surface area contributed by atoms with E-state index in [1.807, 2.05) is 16.8 Å². The van der Waals surface area contributed by atoms with Gasteiger partial charge in [-0.15, -0.1) is 12.4 Å². The molecule has 0 radical (unpaired) electrons. The van der Waals surface area contributed by atoms with Gasteiger partial charge in [0.15, 0.2) is 11.6 Å². The maximum Gasteiger partial charge on any atom is 0.161 e. The molecule has 2 nitrogen and oxygen atoms in total. The fourth-order valence-corrected chi connectivity index (χ4v) is 3.38. The third kappa shape index (κ3) is 3.46. The summed E-state index contributed by atoms with van der Waals surface area (Å²) in [5, 5.41) is 7.06. The molecular formula is C15H16ClF3N2S. The second-order valence-electron chi connectivity index (χ2n) is 5.03. The van der Waals surface area contributed by atoms with Gasteiger partial charge in [-0.2, -0.15) is 11.3 Å². The summed E-state index contributed by atoms with van der Waals surface area (Å²) in [4.78, 5) is 2.09. The van der Waals surface area contributed by atoms with Crippen molar-refractivity contribution in [2.75, 3.05) is 26.2 Å². The SMILES string of the molecule is Cl.Fc1cc(F)c([C@@H](c2ccsc2)N2CCNCC2)cc1F. The lowest BCUT2D eigenvalue weighted by Crippen LogP contribution is -2.45. The van der Waals surface area contributed by atoms with Gasteiger partial charge in [0, 0.05) is 37.8 Å². The summed E-state index contributed by atoms with van der Waals surface area (Å²) in [7, 11) is 0. The Labute approximate surface area is 137 Å². The molecule has 1 atom stereocenters. The predicted molar refractivity (Wildman–Crippen MR) is 84.2 cm³/mol. The first-order chi connectivity index (χ1) is 10.2. The molecule has 1 aliphatic rings. The number of piperazine rings is 1. The summed E-state index contributed by atoms with van der Waals surface area (Å²) >= 11 is 1.51. The average molecular weight is 349 g/mol. The van der Waals surface area contributed by atoms with Crippen LogP contribution in [0.2, 0.25) is 0 Å². The van der Waals surface area contributed by atoms with E-state index in [0.717, 1.165) is 37.8 Å². The van der Waals surface area contributed by atoms with Crippen LogP contribution in [0.3, 0.4) is 0 Å². The quantitative estimate of drug-likeness (QED) is 0.853. The highest BCUT2D eigenvalue weighted by atomic mass is 35.5. The highest BCUT2D eigenvalue weighted by Gasteiger charge is 2.27. The van der Waals surface area contributed by atoms with Crippen LogP contribution in [0.4, 0.5) is 13.2 Å². The highest BCUT2D eigenvalue weighted by Crippen LogP contribution is 2.33. The van der Waals surface area contributed by atoms with E-state index in [4.69, 9.17) is 0 Å². The standard InChI is InChI=1S/C15H15F3N2S.ClH/c16-12-8-14(18)13(17)7-11(12)15(10-1-6-21-9-10)20-4-2-19-3-5-20;/h1,6-9,15,19H,2-5H2;1H/t15-;/m1./s1. The van der Waals surface area contributed by atoms with Gasteiger partial charge in [-0.3, -0.25) is 4.90 Å². The Morgan fingerprint density at radius 2 is 1.73 bits per heavy atom. The molecule has 2 heterocycles. The number of rotatable bonds is 3. The molecule has 1 saturated heterocycles. The predicted octanol–water partition coefficient (Wildman–Crippen LogP) is 3.58. The molecule has 3 rings (SSSR count). The van der Waals surface area contributed by atoms with Crippen LogP contribution in [0.25, 0.3) is 0 Å². The molecule has 7 heteroatoms. The normalized spacial score (nSPS) is 17.0. The monoisotopic (exact) mass is 348 g/mol. The van der Waals surface area contributed by atoms with Crippen LogP contribution in [0.15, 0.2) is 29.0 Å². The fraction of sp³-hybridized carbons (Fsp3) is 0.333. The third-order valence-corrected chi connectivity index (χ3v) is 4.41. The van der Waals surface area contributed by atoms with Crippen molar-refractivity contribution in [1.82, 2.24) is 10.2 Å². The van der Waals surface area contributed by atoms with E-state index in [9.17, 15) is 13.2 Å². The van der Waals surface area contributed by atoms with Crippen molar-refractivity contribution < 1.29 is 13.2 Å². The molecule has 1 aromatic carbocycles. The van der Waals surface area contributed by atoms with Gasteiger partial charge in [0.1, 0.15) is 5.82 Å². The lowest BCUT2D eigenvalue weighted by atomic mass is 9.98. The number of benzene rings is 1. The van der Waals surface area contributed by atoms with Gasteiger partial charge in [0.2, 0.25) is 0 Å². The van der Waals surface area contributed by atoms with Crippen LogP contribution in [-0.4, -0.2) is 31.1 Å². The zero-order valence-electron chi connectivity index (χ0n) is 11.7. The van der Waals surface area contributed by atoms with Gasteiger partial charge in [-0.05, 0) is 28.5 Å². The third-order valence-electron chi connectivity index (χ3n) is 3.71. The van der Waals surface area contributed by atoms with Crippen molar-refractivity contribution in [3.63, 3.8) is 0 Å². The number of thiophene rings is 1. The second-order valence-corrected chi connectivity index (χ2v) is 5.81. The Hall–Kier alpha value is -1.08. The van der Waals surface area contributed by atoms with E-state index in [2.05, 4.69) is 10.2 Å². The largest absolute Gasteiger partial charge is 0.314 e. The summed E-state index contributed by atoms with van der Waals surface area (Å²) in [6.45, 7) is 3.07. The molecule has 2 aromatic rings. The van der Waals surface area contributed by atoms with Crippen molar-refractivity contribution in [2.24, 2.45) is 0 Å². The Bertz CT molecular complexity index is 616. The smallest absolute Gasteiger partial charge is 0.161 e. The van der Waals surface area contributed by atoms with Gasteiger partial charge in [-0.25, -0.2) is 13.2 Å². The first-order valence-corrected chi connectivity index (χ1v) is 7.72. The van der Waals surface area contributed by atoms with E-state index < -0.39 is 17.5 Å². The van der Waals surface area contributed by atoms with Gasteiger partial charge >= 0.3 is 0 Å². The molecule has 0 aliphatic carbocycles. The highest BCUT2D eigenvalue weighted by molar-refractivity contribution is 7.08. The molecule has 22 heavy (non-hydrogen) atoms. The Balaban J connectivity index is 0.00000176. The minimum Gasteiger partial charge on any atom is -0.314 e. The summed E-state index contributed by atoms with van der Waals surface area (Å²) in [5.74, 6) is -2.87. The van der Waals surface area contributed by atoms with Crippen LogP contribution in [0.5, 0.6) is 0 Å². The molecular weight excluding hydrogens is 333 g/mol. The van der Waals surface area contributed by atoms with Gasteiger partial charge < -0.3 is 5.32 Å². The van der Waals surface area contributed by atoms with E-state index in [1.165, 1.54) is 11.3 Å². The Kier molecular flexibility index (Phi) is 5.86. The Morgan fingerprint density at radius 1 is 1.05 bits per heavy atom. The van der Waals surface area contributed by atoms with Gasteiger partial charge in [0.05, 0.1) is 6.04 Å². The van der Waals surface area contributed by atoms with Crippen LogP contribution in [0, 0.1) is 17.5 Å². The van der Waals surface area contributed by atoms with E-state index in [1.54, 1.807) is 0 Å². The molecule has 1 N–H and O–H groups in total. The van der Waals surface area contributed by atoms with Crippen LogP contribution in [0.1, 0.15) is 17.2 Å². The summed E-state index contributed by atoms with van der Waals surface area (Å²) in [6.07, 6.45) is 0. The first-order valence-electron chi connectivity index (χ1n) is 6.78. The van der Waals surface area contributed by atoms with Gasteiger partial charge in [0.25, 0.3) is 0 Å². The molecule has 0 bridgehead atoms. The number of nitrogens with one attached hydrogen (secondary N) is 1. The molecule has 120 valence electrons. The summed E-state index contributed by atoms with van der Waals surface area (Å²) < 4.78 is 40.9. The second kappa shape index (κ2) is 7.46. The average Bonchev–Trinajstić information content (AvgIpc) is 3.00. The molecule has 0 spiro atoms. The number of halogens is 4. The first kappa shape index (κ1) is 17.3. The molecule has 0 saturated carbocycles. The minimum absolute atomic E-state index is 0. The maximum absolute atomic E-state index is 14.2. The van der Waals surface area contributed by atoms with Crippen molar-refractivity contribution in [1.29, 1.82) is 0 Å². The van der Waals surface area contributed by atoms with Crippen molar-refractivity contribution >= 4 is 23.7 Å². The fourth-order valence-electron chi connectivity index (χ4n) is 2.71. The van der Waals surface area contributed by atoms with Crippen LogP contribution in [-0.2, 0) is 0 Å². The van der Waals surface area contributed by atoms with Crippen LogP contribution < -0.4 is 5.32 Å².